The van der Waals surface area contributed by atoms with E-state index >= 15 is 0 Å². The first-order valence-corrected chi connectivity index (χ1v) is 5.44. The molecule has 2 N–H and O–H groups in total. The van der Waals surface area contributed by atoms with Crippen molar-refractivity contribution in [2.75, 3.05) is 12.8 Å². The lowest BCUT2D eigenvalue weighted by atomic mass is 9.85. The third kappa shape index (κ3) is 1.39. The number of nitrogens with two attached hydrogens (primary N) is 1. The Morgan fingerprint density at radius 1 is 1.40 bits per heavy atom. The summed E-state index contributed by atoms with van der Waals surface area (Å²) in [7, 11) is 1.73. The van der Waals surface area contributed by atoms with Crippen molar-refractivity contribution in [3.8, 4) is 5.75 Å². The van der Waals surface area contributed by atoms with E-state index < -0.39 is 0 Å². The molecule has 0 aliphatic heterocycles. The summed E-state index contributed by atoms with van der Waals surface area (Å²) < 4.78 is 5.44. The van der Waals surface area contributed by atoms with Gasteiger partial charge in [0.25, 0.3) is 0 Å². The summed E-state index contributed by atoms with van der Waals surface area (Å²) in [6.45, 7) is 6.76. The number of hydrogen-bond donors (Lipinski definition) is 1. The summed E-state index contributed by atoms with van der Waals surface area (Å²) in [5.41, 5.74) is 9.73. The molecule has 0 aromatic heterocycles. The Bertz CT molecular complexity index is 396. The van der Waals surface area contributed by atoms with Crippen molar-refractivity contribution < 1.29 is 4.74 Å². The molecule has 0 amide bonds. The molecule has 15 heavy (non-hydrogen) atoms. The van der Waals surface area contributed by atoms with Crippen LogP contribution in [0.3, 0.4) is 0 Å². The molecule has 2 heteroatoms. The Labute approximate surface area is 91.4 Å². The minimum absolute atomic E-state index is 0.176. The first-order chi connectivity index (χ1) is 6.97. The zero-order valence-corrected chi connectivity index (χ0v) is 9.92. The highest BCUT2D eigenvalue weighted by atomic mass is 16.5. The Balaban J connectivity index is 2.71. The second-order valence-electron chi connectivity index (χ2n) is 5.13. The van der Waals surface area contributed by atoms with Crippen LogP contribution in [0.2, 0.25) is 0 Å². The van der Waals surface area contributed by atoms with Crippen LogP contribution in [0.1, 0.15) is 44.2 Å². The van der Waals surface area contributed by atoms with Crippen LogP contribution in [-0.4, -0.2) is 7.11 Å². The van der Waals surface area contributed by atoms with Gasteiger partial charge >= 0.3 is 0 Å². The zero-order chi connectivity index (χ0) is 11.2. The molecular formula is C13H19NO. The molecule has 1 aromatic carbocycles. The second kappa shape index (κ2) is 3.16. The van der Waals surface area contributed by atoms with Crippen LogP contribution in [0.5, 0.6) is 5.75 Å². The molecule has 0 saturated carbocycles. The van der Waals surface area contributed by atoms with Crippen molar-refractivity contribution in [1.29, 1.82) is 0 Å². The van der Waals surface area contributed by atoms with Gasteiger partial charge in [-0.3, -0.25) is 0 Å². The van der Waals surface area contributed by atoms with Crippen LogP contribution in [-0.2, 0) is 5.41 Å². The Morgan fingerprint density at radius 2 is 2.07 bits per heavy atom. The van der Waals surface area contributed by atoms with Crippen LogP contribution in [0.4, 0.5) is 5.69 Å². The van der Waals surface area contributed by atoms with E-state index in [1.807, 2.05) is 12.1 Å². The quantitative estimate of drug-likeness (QED) is 0.715. The molecule has 2 nitrogen and oxygen atoms in total. The molecule has 0 heterocycles. The molecule has 1 aromatic rings. The van der Waals surface area contributed by atoms with Crippen molar-refractivity contribution >= 4 is 5.69 Å². The highest BCUT2D eigenvalue weighted by molar-refractivity contribution is 5.62. The third-order valence-corrected chi connectivity index (χ3v) is 3.45. The second-order valence-corrected chi connectivity index (χ2v) is 5.13. The minimum atomic E-state index is 0.176. The molecule has 0 saturated heterocycles. The Morgan fingerprint density at radius 3 is 2.67 bits per heavy atom. The summed E-state index contributed by atoms with van der Waals surface area (Å²) in [4.78, 5) is 0. The minimum Gasteiger partial charge on any atom is -0.496 e. The number of hydrogen-bond acceptors (Lipinski definition) is 2. The summed E-state index contributed by atoms with van der Waals surface area (Å²) >= 11 is 0. The number of nitrogen functional groups attached to an aromatic ring is 1. The van der Waals surface area contributed by atoms with Gasteiger partial charge in [-0.25, -0.2) is 0 Å². The third-order valence-electron chi connectivity index (χ3n) is 3.45. The van der Waals surface area contributed by atoms with E-state index in [2.05, 4.69) is 20.8 Å². The van der Waals surface area contributed by atoms with Gasteiger partial charge in [-0.1, -0.05) is 20.8 Å². The van der Waals surface area contributed by atoms with E-state index in [-0.39, 0.29) is 5.41 Å². The van der Waals surface area contributed by atoms with E-state index in [1.54, 1.807) is 7.11 Å². The molecule has 2 rings (SSSR count). The summed E-state index contributed by atoms with van der Waals surface area (Å²) in [6, 6.07) is 3.93. The predicted octanol–water partition coefficient (Wildman–Crippen LogP) is 3.06. The average molecular weight is 205 g/mol. The highest BCUT2D eigenvalue weighted by Gasteiger charge is 2.38. The number of ether oxygens (including phenoxy) is 1. The topological polar surface area (TPSA) is 35.2 Å². The zero-order valence-electron chi connectivity index (χ0n) is 9.92. The van der Waals surface area contributed by atoms with Gasteiger partial charge in [-0.15, -0.1) is 0 Å². The highest BCUT2D eigenvalue weighted by Crippen LogP contribution is 2.51. The molecule has 1 aliphatic rings. The Kier molecular flexibility index (Phi) is 2.18. The number of fused-ring (bicyclic) bond motifs is 1. The van der Waals surface area contributed by atoms with E-state index in [0.29, 0.717) is 5.92 Å². The molecular weight excluding hydrogens is 186 g/mol. The lowest BCUT2D eigenvalue weighted by Gasteiger charge is -2.21. The van der Waals surface area contributed by atoms with Gasteiger partial charge in [0.2, 0.25) is 0 Å². The van der Waals surface area contributed by atoms with Crippen molar-refractivity contribution in [1.82, 2.24) is 0 Å². The van der Waals surface area contributed by atoms with Gasteiger partial charge in [0.15, 0.2) is 0 Å². The normalized spacial score (nSPS) is 22.5. The van der Waals surface area contributed by atoms with Crippen molar-refractivity contribution in [3.05, 3.63) is 23.3 Å². The van der Waals surface area contributed by atoms with Crippen molar-refractivity contribution in [3.63, 3.8) is 0 Å². The summed E-state index contributed by atoms with van der Waals surface area (Å²) in [6.07, 6.45) is 1.15. The smallest absolute Gasteiger partial charge is 0.123 e. The van der Waals surface area contributed by atoms with Gasteiger partial charge in [0.05, 0.1) is 7.11 Å². The number of rotatable bonds is 1. The fourth-order valence-corrected chi connectivity index (χ4v) is 2.98. The van der Waals surface area contributed by atoms with Crippen LogP contribution in [0, 0.1) is 0 Å². The summed E-state index contributed by atoms with van der Waals surface area (Å²) in [5, 5.41) is 0. The standard InChI is InChI=1S/C13H19NO/c1-8-7-13(2,3)12-10(15-4)6-5-9(14)11(8)12/h5-6,8H,7,14H2,1-4H3. The van der Waals surface area contributed by atoms with E-state index in [1.165, 1.54) is 11.1 Å². The fraction of sp³-hybridized carbons (Fsp3) is 0.538. The van der Waals surface area contributed by atoms with Gasteiger partial charge in [-0.2, -0.15) is 0 Å². The SMILES string of the molecule is COc1ccc(N)c2c1C(C)(C)CC2C. The van der Waals surface area contributed by atoms with Gasteiger partial charge < -0.3 is 10.5 Å². The van der Waals surface area contributed by atoms with E-state index in [4.69, 9.17) is 10.5 Å². The molecule has 0 radical (unpaired) electrons. The van der Waals surface area contributed by atoms with Crippen LogP contribution >= 0.6 is 0 Å². The lowest BCUT2D eigenvalue weighted by molar-refractivity contribution is 0.393. The van der Waals surface area contributed by atoms with Crippen LogP contribution in [0.15, 0.2) is 12.1 Å². The van der Waals surface area contributed by atoms with Gasteiger partial charge in [-0.05, 0) is 35.4 Å². The number of methoxy groups -OCH3 is 1. The molecule has 0 bridgehead atoms. The molecule has 0 spiro atoms. The van der Waals surface area contributed by atoms with E-state index in [9.17, 15) is 0 Å². The maximum absolute atomic E-state index is 6.05. The predicted molar refractivity (Wildman–Crippen MR) is 63.5 cm³/mol. The summed E-state index contributed by atoms with van der Waals surface area (Å²) in [5.74, 6) is 1.51. The van der Waals surface area contributed by atoms with Crippen LogP contribution in [0.25, 0.3) is 0 Å². The molecule has 82 valence electrons. The maximum Gasteiger partial charge on any atom is 0.123 e. The van der Waals surface area contributed by atoms with Crippen LogP contribution < -0.4 is 10.5 Å². The molecule has 1 aliphatic carbocycles. The molecule has 1 atom stereocenters. The maximum atomic E-state index is 6.05. The van der Waals surface area contributed by atoms with E-state index in [0.717, 1.165) is 17.9 Å². The fourth-order valence-electron chi connectivity index (χ4n) is 2.98. The first-order valence-electron chi connectivity index (χ1n) is 5.44. The first kappa shape index (κ1) is 10.3. The molecule has 1 unspecified atom stereocenters. The van der Waals surface area contributed by atoms with Gasteiger partial charge in [0.1, 0.15) is 5.75 Å². The van der Waals surface area contributed by atoms with Crippen molar-refractivity contribution in [2.45, 2.75) is 38.5 Å². The average Bonchev–Trinajstić information content (AvgIpc) is 2.39. The largest absolute Gasteiger partial charge is 0.496 e. The number of benzene rings is 1. The van der Waals surface area contributed by atoms with Crippen molar-refractivity contribution in [2.24, 2.45) is 0 Å². The molecule has 0 fully saturated rings. The lowest BCUT2D eigenvalue weighted by Crippen LogP contribution is -2.13. The monoisotopic (exact) mass is 205 g/mol. The van der Waals surface area contributed by atoms with Gasteiger partial charge in [0, 0.05) is 11.3 Å². The number of anilines is 1. The Hall–Kier alpha value is -1.18.